The lowest BCUT2D eigenvalue weighted by atomic mass is 10.1. The highest BCUT2D eigenvalue weighted by atomic mass is 19.4. The van der Waals surface area contributed by atoms with Gasteiger partial charge in [0.05, 0.1) is 5.56 Å². The van der Waals surface area contributed by atoms with E-state index < -0.39 is 11.7 Å². The van der Waals surface area contributed by atoms with Crippen LogP contribution in [0.3, 0.4) is 0 Å². The minimum Gasteiger partial charge on any atom is -0.367 e. The van der Waals surface area contributed by atoms with E-state index in [2.05, 4.69) is 22.3 Å². The van der Waals surface area contributed by atoms with Crippen LogP contribution in [0.1, 0.15) is 30.4 Å². The zero-order valence-electron chi connectivity index (χ0n) is 15.0. The quantitative estimate of drug-likeness (QED) is 0.809. The van der Waals surface area contributed by atoms with Gasteiger partial charge in [-0.1, -0.05) is 30.3 Å². The van der Waals surface area contributed by atoms with E-state index in [1.54, 1.807) is 0 Å². The number of para-hydroxylation sites is 1. The number of carbonyl (C=O) groups excluding carboxylic acids is 1. The molecule has 3 rings (SSSR count). The predicted molar refractivity (Wildman–Crippen MR) is 99.6 cm³/mol. The van der Waals surface area contributed by atoms with Gasteiger partial charge < -0.3 is 10.2 Å². The highest BCUT2D eigenvalue weighted by Crippen LogP contribution is 2.29. The first-order valence-electron chi connectivity index (χ1n) is 9.18. The van der Waals surface area contributed by atoms with Crippen LogP contribution in [-0.4, -0.2) is 25.0 Å². The van der Waals surface area contributed by atoms with Crippen LogP contribution < -0.4 is 10.2 Å². The molecule has 0 aliphatic carbocycles. The van der Waals surface area contributed by atoms with Gasteiger partial charge in [-0.3, -0.25) is 4.79 Å². The monoisotopic (exact) mass is 376 g/mol. The highest BCUT2D eigenvalue weighted by molar-refractivity contribution is 5.76. The van der Waals surface area contributed by atoms with Crippen LogP contribution >= 0.6 is 0 Å². The lowest BCUT2D eigenvalue weighted by molar-refractivity contribution is -0.137. The number of benzene rings is 2. The van der Waals surface area contributed by atoms with Crippen molar-refractivity contribution in [3.63, 3.8) is 0 Å². The van der Waals surface area contributed by atoms with Crippen molar-refractivity contribution >= 4 is 11.6 Å². The summed E-state index contributed by atoms with van der Waals surface area (Å²) in [7, 11) is 0. The minimum atomic E-state index is -4.33. The number of nitrogens with one attached hydrogen (secondary N) is 1. The van der Waals surface area contributed by atoms with Gasteiger partial charge in [0.25, 0.3) is 0 Å². The first-order valence-corrected chi connectivity index (χ1v) is 9.18. The molecule has 6 heteroatoms. The molecule has 0 spiro atoms. The molecule has 0 bridgehead atoms. The average Bonchev–Trinajstić information content (AvgIpc) is 3.13. The van der Waals surface area contributed by atoms with E-state index in [1.165, 1.54) is 17.8 Å². The summed E-state index contributed by atoms with van der Waals surface area (Å²) >= 11 is 0. The number of hydrogen-bond acceptors (Lipinski definition) is 2. The summed E-state index contributed by atoms with van der Waals surface area (Å²) in [6, 6.07) is 15.4. The Labute approximate surface area is 157 Å². The molecule has 1 saturated heterocycles. The Hall–Kier alpha value is -2.50. The standard InChI is InChI=1S/C21H23F3N2O/c22-21(23,24)17-11-8-16(9-12-17)10-13-20(27)25-15-19-7-4-14-26(19)18-5-2-1-3-6-18/h1-3,5-6,8-9,11-12,19H,4,7,10,13-15H2,(H,25,27). The smallest absolute Gasteiger partial charge is 0.367 e. The summed E-state index contributed by atoms with van der Waals surface area (Å²) in [6.45, 7) is 1.57. The van der Waals surface area contributed by atoms with E-state index in [4.69, 9.17) is 0 Å². The Morgan fingerprint density at radius 3 is 2.44 bits per heavy atom. The summed E-state index contributed by atoms with van der Waals surface area (Å²) in [5.74, 6) is -0.0743. The molecule has 1 N–H and O–H groups in total. The van der Waals surface area contributed by atoms with Gasteiger partial charge in [0.1, 0.15) is 0 Å². The summed E-state index contributed by atoms with van der Waals surface area (Å²) in [5.41, 5.74) is 1.22. The lowest BCUT2D eigenvalue weighted by Crippen LogP contribution is -2.40. The molecule has 1 unspecified atom stereocenters. The number of alkyl halides is 3. The van der Waals surface area contributed by atoms with Crippen molar-refractivity contribution in [1.82, 2.24) is 5.32 Å². The third-order valence-electron chi connectivity index (χ3n) is 4.92. The molecule has 27 heavy (non-hydrogen) atoms. The molecule has 0 radical (unpaired) electrons. The summed E-state index contributed by atoms with van der Waals surface area (Å²) in [4.78, 5) is 14.4. The summed E-state index contributed by atoms with van der Waals surface area (Å²) < 4.78 is 37.7. The third kappa shape index (κ3) is 5.25. The Morgan fingerprint density at radius 1 is 1.07 bits per heavy atom. The van der Waals surface area contributed by atoms with Gasteiger partial charge in [0.2, 0.25) is 5.91 Å². The fraction of sp³-hybridized carbons (Fsp3) is 0.381. The molecule has 1 aliphatic heterocycles. The molecule has 1 heterocycles. The second kappa shape index (κ2) is 8.46. The Bertz CT molecular complexity index is 744. The van der Waals surface area contributed by atoms with Gasteiger partial charge in [-0.2, -0.15) is 13.2 Å². The van der Waals surface area contributed by atoms with Crippen molar-refractivity contribution in [1.29, 1.82) is 0 Å². The van der Waals surface area contributed by atoms with Crippen molar-refractivity contribution in [3.05, 3.63) is 65.7 Å². The topological polar surface area (TPSA) is 32.3 Å². The summed E-state index contributed by atoms with van der Waals surface area (Å²) in [6.07, 6.45) is -1.50. The normalized spacial score (nSPS) is 17.1. The zero-order chi connectivity index (χ0) is 19.3. The maximum atomic E-state index is 12.6. The molecule has 1 amide bonds. The molecule has 0 saturated carbocycles. The molecule has 2 aromatic rings. The molecular formula is C21H23F3N2O. The first-order chi connectivity index (χ1) is 12.9. The molecule has 2 aromatic carbocycles. The predicted octanol–water partition coefficient (Wildman–Crippen LogP) is 4.42. The van der Waals surface area contributed by atoms with Crippen LogP contribution in [-0.2, 0) is 17.4 Å². The molecule has 0 aromatic heterocycles. The van der Waals surface area contributed by atoms with Gasteiger partial charge >= 0.3 is 6.18 Å². The van der Waals surface area contributed by atoms with E-state index in [1.807, 2.05) is 18.2 Å². The Morgan fingerprint density at radius 2 is 1.78 bits per heavy atom. The van der Waals surface area contributed by atoms with Gasteiger partial charge in [-0.25, -0.2) is 0 Å². The number of rotatable bonds is 6. The number of halogens is 3. The van der Waals surface area contributed by atoms with E-state index in [9.17, 15) is 18.0 Å². The molecule has 3 nitrogen and oxygen atoms in total. The number of hydrogen-bond donors (Lipinski definition) is 1. The fourth-order valence-corrected chi connectivity index (χ4v) is 3.45. The Kier molecular flexibility index (Phi) is 6.04. The van der Waals surface area contributed by atoms with Crippen LogP contribution in [0.15, 0.2) is 54.6 Å². The van der Waals surface area contributed by atoms with Crippen LogP contribution in [0.25, 0.3) is 0 Å². The summed E-state index contributed by atoms with van der Waals surface area (Å²) in [5, 5.41) is 2.97. The maximum absolute atomic E-state index is 12.6. The molecule has 1 atom stereocenters. The number of anilines is 1. The van der Waals surface area contributed by atoms with Crippen molar-refractivity contribution in [3.8, 4) is 0 Å². The average molecular weight is 376 g/mol. The SMILES string of the molecule is O=C(CCc1ccc(C(F)(F)F)cc1)NCC1CCCN1c1ccccc1. The number of nitrogens with zero attached hydrogens (tertiary/aromatic N) is 1. The second-order valence-electron chi connectivity index (χ2n) is 6.82. The number of aryl methyl sites for hydroxylation is 1. The molecule has 1 fully saturated rings. The highest BCUT2D eigenvalue weighted by Gasteiger charge is 2.30. The van der Waals surface area contributed by atoms with Crippen LogP contribution in [0.2, 0.25) is 0 Å². The maximum Gasteiger partial charge on any atom is 0.416 e. The first kappa shape index (κ1) is 19.3. The largest absolute Gasteiger partial charge is 0.416 e. The van der Waals surface area contributed by atoms with Crippen LogP contribution in [0.5, 0.6) is 0 Å². The lowest BCUT2D eigenvalue weighted by Gasteiger charge is -2.27. The van der Waals surface area contributed by atoms with Crippen molar-refractivity contribution < 1.29 is 18.0 Å². The molecule has 144 valence electrons. The van der Waals surface area contributed by atoms with E-state index in [0.29, 0.717) is 13.0 Å². The third-order valence-corrected chi connectivity index (χ3v) is 4.92. The zero-order valence-corrected chi connectivity index (χ0v) is 15.0. The van der Waals surface area contributed by atoms with Crippen LogP contribution in [0.4, 0.5) is 18.9 Å². The van der Waals surface area contributed by atoms with E-state index in [0.717, 1.165) is 37.1 Å². The Balaban J connectivity index is 1.46. The van der Waals surface area contributed by atoms with Crippen molar-refractivity contribution in [2.75, 3.05) is 18.0 Å². The van der Waals surface area contributed by atoms with Gasteiger partial charge in [-0.15, -0.1) is 0 Å². The number of amides is 1. The number of carbonyl (C=O) groups is 1. The van der Waals surface area contributed by atoms with Crippen molar-refractivity contribution in [2.24, 2.45) is 0 Å². The molecular weight excluding hydrogens is 353 g/mol. The van der Waals surface area contributed by atoms with Crippen molar-refractivity contribution in [2.45, 2.75) is 37.9 Å². The minimum absolute atomic E-state index is 0.0743. The van der Waals surface area contributed by atoms with E-state index >= 15 is 0 Å². The molecule has 1 aliphatic rings. The fourth-order valence-electron chi connectivity index (χ4n) is 3.45. The second-order valence-corrected chi connectivity index (χ2v) is 6.82. The van der Waals surface area contributed by atoms with Crippen LogP contribution in [0, 0.1) is 0 Å². The van der Waals surface area contributed by atoms with Gasteiger partial charge in [0.15, 0.2) is 0 Å². The van der Waals surface area contributed by atoms with Gasteiger partial charge in [0, 0.05) is 31.2 Å². The van der Waals surface area contributed by atoms with E-state index in [-0.39, 0.29) is 18.4 Å². The van der Waals surface area contributed by atoms with Gasteiger partial charge in [-0.05, 0) is 49.1 Å².